The zero-order chi connectivity index (χ0) is 25.7. The average Bonchev–Trinajstić information content (AvgIpc) is 3.33. The van der Waals surface area contributed by atoms with Crippen LogP contribution in [0.15, 0.2) is 18.3 Å². The molecule has 35 heavy (non-hydrogen) atoms. The number of Topliss-reactive ketones (excluding diaryl/α,β-unsaturated/α-hetero) is 1. The molecule has 0 atom stereocenters. The van der Waals surface area contributed by atoms with Gasteiger partial charge in [-0.15, -0.1) is 0 Å². The van der Waals surface area contributed by atoms with Gasteiger partial charge in [-0.2, -0.15) is 18.2 Å². The Morgan fingerprint density at radius 3 is 2.66 bits per heavy atom. The number of nitrogen functional groups attached to an aromatic ring is 1. The Bertz CT molecular complexity index is 1400. The van der Waals surface area contributed by atoms with Gasteiger partial charge in [0.1, 0.15) is 10.9 Å². The van der Waals surface area contributed by atoms with Crippen LogP contribution >= 0.6 is 11.6 Å². The molecule has 0 aromatic carbocycles. The van der Waals surface area contributed by atoms with Crippen LogP contribution in [0, 0.1) is 13.8 Å². The Labute approximate surface area is 201 Å². The van der Waals surface area contributed by atoms with Crippen molar-refractivity contribution in [2.24, 2.45) is 0 Å². The molecule has 4 heterocycles. The predicted octanol–water partition coefficient (Wildman–Crippen LogP) is 3.89. The molecule has 4 rings (SSSR count). The van der Waals surface area contributed by atoms with Crippen LogP contribution in [0.2, 0.25) is 5.15 Å². The molecule has 3 N–H and O–H groups in total. The average molecular weight is 507 g/mol. The number of aryl methyl sites for hydroxylation is 1. The van der Waals surface area contributed by atoms with E-state index in [9.17, 15) is 22.8 Å². The number of rotatable bonds is 5. The fraction of sp³-hybridized carbons (Fsp3) is 0.227. The lowest BCUT2D eigenvalue weighted by molar-refractivity contribution is -0.113. The first-order chi connectivity index (χ1) is 16.4. The number of nitrogens with two attached hydrogens (primary N) is 1. The number of aromatic nitrogens is 4. The summed E-state index contributed by atoms with van der Waals surface area (Å²) in [5, 5.41) is -0.112. The number of fused-ring (bicyclic) bond motifs is 1. The van der Waals surface area contributed by atoms with Crippen molar-refractivity contribution in [2.75, 3.05) is 17.7 Å². The van der Waals surface area contributed by atoms with E-state index in [-0.39, 0.29) is 40.3 Å². The van der Waals surface area contributed by atoms with Crippen LogP contribution in [-0.4, -0.2) is 44.9 Å². The number of hydrogen-bond donors (Lipinski definition) is 2. The minimum Gasteiger partial charge on any atom is -0.496 e. The van der Waals surface area contributed by atoms with Crippen LogP contribution in [-0.2, 0) is 11.3 Å². The molecule has 1 aliphatic heterocycles. The molecular weight excluding hydrogens is 489 g/mol. The third-order valence-corrected chi connectivity index (χ3v) is 5.71. The highest BCUT2D eigenvalue weighted by atomic mass is 35.5. The minimum atomic E-state index is -5.05. The SMILES string of the molecule is COc1c(C)cnc(CN2C(=O)C(=Cc3ccc(C(=O)C(F)(F)F)[nH]3)c3c(Cl)nc(N)nc32)c1C. The summed E-state index contributed by atoms with van der Waals surface area (Å²) in [6.07, 6.45) is -2.16. The maximum atomic E-state index is 13.4. The summed E-state index contributed by atoms with van der Waals surface area (Å²) < 4.78 is 43.7. The van der Waals surface area contributed by atoms with Gasteiger partial charge < -0.3 is 15.5 Å². The van der Waals surface area contributed by atoms with Gasteiger partial charge in [0, 0.05) is 23.0 Å². The zero-order valence-corrected chi connectivity index (χ0v) is 19.4. The highest BCUT2D eigenvalue weighted by Crippen LogP contribution is 2.41. The Balaban J connectivity index is 1.78. The number of ketones is 1. The van der Waals surface area contributed by atoms with E-state index in [0.717, 1.165) is 11.6 Å². The Hall–Kier alpha value is -3.93. The second-order valence-electron chi connectivity index (χ2n) is 7.72. The molecule has 0 bridgehead atoms. The summed E-state index contributed by atoms with van der Waals surface area (Å²) in [6.45, 7) is 3.62. The van der Waals surface area contributed by atoms with Crippen LogP contribution in [0.5, 0.6) is 5.75 Å². The van der Waals surface area contributed by atoms with Gasteiger partial charge >= 0.3 is 6.18 Å². The number of pyridine rings is 1. The summed E-state index contributed by atoms with van der Waals surface area (Å²) >= 11 is 6.29. The van der Waals surface area contributed by atoms with Crippen LogP contribution in [0.25, 0.3) is 11.6 Å². The van der Waals surface area contributed by atoms with E-state index in [1.54, 1.807) is 13.1 Å². The van der Waals surface area contributed by atoms with Crippen molar-refractivity contribution in [1.82, 2.24) is 19.9 Å². The number of hydrogen-bond acceptors (Lipinski definition) is 7. The third kappa shape index (κ3) is 4.32. The number of alkyl halides is 3. The zero-order valence-electron chi connectivity index (χ0n) is 18.6. The first-order valence-corrected chi connectivity index (χ1v) is 10.5. The fourth-order valence-corrected chi connectivity index (χ4v) is 4.08. The van der Waals surface area contributed by atoms with Gasteiger partial charge in [0.05, 0.1) is 36.2 Å². The van der Waals surface area contributed by atoms with E-state index >= 15 is 0 Å². The van der Waals surface area contributed by atoms with Crippen molar-refractivity contribution in [3.8, 4) is 5.75 Å². The topological polar surface area (TPSA) is 127 Å². The van der Waals surface area contributed by atoms with Gasteiger partial charge in [-0.3, -0.25) is 19.5 Å². The number of carbonyl (C=O) groups is 2. The van der Waals surface area contributed by atoms with Gasteiger partial charge in [0.25, 0.3) is 11.7 Å². The van der Waals surface area contributed by atoms with Gasteiger partial charge in [-0.05, 0) is 32.1 Å². The monoisotopic (exact) mass is 506 g/mol. The van der Waals surface area contributed by atoms with Crippen LogP contribution in [0.3, 0.4) is 0 Å². The summed E-state index contributed by atoms with van der Waals surface area (Å²) in [7, 11) is 1.53. The highest BCUT2D eigenvalue weighted by Gasteiger charge is 2.41. The molecule has 182 valence electrons. The van der Waals surface area contributed by atoms with Crippen molar-refractivity contribution in [3.05, 3.63) is 57.3 Å². The maximum Gasteiger partial charge on any atom is 0.456 e. The molecule has 9 nitrogen and oxygen atoms in total. The van der Waals surface area contributed by atoms with E-state index in [1.807, 2.05) is 6.92 Å². The summed E-state index contributed by atoms with van der Waals surface area (Å²) in [5.41, 5.74) is 7.38. The number of nitrogens with one attached hydrogen (secondary N) is 1. The van der Waals surface area contributed by atoms with Crippen LogP contribution in [0.4, 0.5) is 24.9 Å². The quantitative estimate of drug-likeness (QED) is 0.305. The molecular formula is C22H18ClF3N6O3. The van der Waals surface area contributed by atoms with Gasteiger partial charge in [-0.25, -0.2) is 4.98 Å². The molecule has 0 aliphatic carbocycles. The van der Waals surface area contributed by atoms with Crippen molar-refractivity contribution in [3.63, 3.8) is 0 Å². The van der Waals surface area contributed by atoms with Gasteiger partial charge in [0.15, 0.2) is 5.82 Å². The number of ether oxygens (including phenoxy) is 1. The number of halogens is 4. The molecule has 0 saturated heterocycles. The number of anilines is 2. The lowest BCUT2D eigenvalue weighted by Crippen LogP contribution is -2.27. The van der Waals surface area contributed by atoms with Gasteiger partial charge in [0.2, 0.25) is 5.95 Å². The number of nitrogens with zero attached hydrogens (tertiary/aromatic N) is 4. The highest BCUT2D eigenvalue weighted by molar-refractivity contribution is 6.41. The van der Waals surface area contributed by atoms with E-state index in [4.69, 9.17) is 22.1 Å². The van der Waals surface area contributed by atoms with E-state index < -0.39 is 23.6 Å². The number of amides is 1. The smallest absolute Gasteiger partial charge is 0.456 e. The van der Waals surface area contributed by atoms with Crippen molar-refractivity contribution < 1.29 is 27.5 Å². The first-order valence-electron chi connectivity index (χ1n) is 10.1. The summed E-state index contributed by atoms with van der Waals surface area (Å²) in [5.74, 6) is -2.02. The Morgan fingerprint density at radius 1 is 1.29 bits per heavy atom. The third-order valence-electron chi connectivity index (χ3n) is 5.43. The molecule has 13 heteroatoms. The Kier molecular flexibility index (Phi) is 6.01. The maximum absolute atomic E-state index is 13.4. The molecule has 3 aromatic rings. The van der Waals surface area contributed by atoms with E-state index in [2.05, 4.69) is 19.9 Å². The Morgan fingerprint density at radius 2 is 2.00 bits per heavy atom. The molecule has 0 spiro atoms. The summed E-state index contributed by atoms with van der Waals surface area (Å²) in [4.78, 5) is 41.1. The molecule has 3 aromatic heterocycles. The van der Waals surface area contributed by atoms with Crippen molar-refractivity contribution >= 4 is 46.7 Å². The molecule has 0 saturated carbocycles. The minimum absolute atomic E-state index is 0.00888. The van der Waals surface area contributed by atoms with Crippen LogP contribution in [0.1, 0.15) is 38.6 Å². The van der Waals surface area contributed by atoms with E-state index in [1.165, 1.54) is 24.2 Å². The lowest BCUT2D eigenvalue weighted by atomic mass is 10.1. The molecule has 0 radical (unpaired) electrons. The molecule has 1 aliphatic rings. The van der Waals surface area contributed by atoms with Crippen molar-refractivity contribution in [1.29, 1.82) is 0 Å². The largest absolute Gasteiger partial charge is 0.496 e. The first kappa shape index (κ1) is 24.2. The lowest BCUT2D eigenvalue weighted by Gasteiger charge is -2.19. The normalized spacial score (nSPS) is 14.5. The molecule has 1 amide bonds. The number of carbonyl (C=O) groups excluding carboxylic acids is 2. The number of H-pyrrole nitrogens is 1. The second-order valence-corrected chi connectivity index (χ2v) is 8.08. The molecule has 0 fully saturated rings. The van der Waals surface area contributed by atoms with E-state index in [0.29, 0.717) is 17.0 Å². The predicted molar refractivity (Wildman–Crippen MR) is 122 cm³/mol. The van der Waals surface area contributed by atoms with Crippen molar-refractivity contribution in [2.45, 2.75) is 26.6 Å². The number of aromatic amines is 1. The fourth-order valence-electron chi connectivity index (χ4n) is 3.81. The standard InChI is InChI=1S/C22H18ClF3N6O3/c1-9-7-28-14(10(2)16(9)35-3)8-32-19-15(18(23)30-21(27)31-19)12(20(32)34)6-11-4-5-13(29-11)17(33)22(24,25)26/h4-7,29H,8H2,1-3H3,(H2,27,30,31). The second kappa shape index (κ2) is 8.69. The van der Waals surface area contributed by atoms with Crippen LogP contribution < -0.4 is 15.4 Å². The molecule has 0 unspecified atom stereocenters. The summed E-state index contributed by atoms with van der Waals surface area (Å²) in [6, 6.07) is 2.22. The number of methoxy groups -OCH3 is 1. The van der Waals surface area contributed by atoms with Gasteiger partial charge in [-0.1, -0.05) is 11.6 Å².